The Labute approximate surface area is 259 Å². The van der Waals surface area contributed by atoms with Gasteiger partial charge in [-0.15, -0.1) is 0 Å². The molecule has 3 unspecified atom stereocenters. The van der Waals surface area contributed by atoms with Gasteiger partial charge in [0.2, 0.25) is 0 Å². The van der Waals surface area contributed by atoms with E-state index in [1.807, 2.05) is 0 Å². The molecule has 8 heteroatoms. The Morgan fingerprint density at radius 3 is 1.69 bits per heavy atom. The summed E-state index contributed by atoms with van der Waals surface area (Å²) in [5, 5.41) is 0. The summed E-state index contributed by atoms with van der Waals surface area (Å²) >= 11 is 0. The molecule has 5 aliphatic rings. The zero-order chi connectivity index (χ0) is 30.3. The Morgan fingerprint density at radius 2 is 1.10 bits per heavy atom. The van der Waals surface area contributed by atoms with Gasteiger partial charge in [0.15, 0.2) is 0 Å². The van der Waals surface area contributed by atoms with Crippen LogP contribution < -0.4 is 0 Å². The molecule has 5 aliphatic heterocycles. The van der Waals surface area contributed by atoms with Crippen molar-refractivity contribution >= 4 is 0 Å². The second-order valence-electron chi connectivity index (χ2n) is 15.9. The number of nitrogens with zero attached hydrogens (tertiary/aromatic N) is 7. The van der Waals surface area contributed by atoms with Gasteiger partial charge in [-0.1, -0.05) is 6.42 Å². The van der Waals surface area contributed by atoms with Crippen molar-refractivity contribution in [3.05, 3.63) is 0 Å². The smallest absolute Gasteiger partial charge is 0.0594 e. The second-order valence-corrected chi connectivity index (χ2v) is 15.9. The van der Waals surface area contributed by atoms with Gasteiger partial charge in [0.05, 0.1) is 24.3 Å². The fourth-order valence-electron chi connectivity index (χ4n) is 9.92. The number of piperazine rings is 3. The van der Waals surface area contributed by atoms with Gasteiger partial charge >= 0.3 is 0 Å². The first-order valence-electron chi connectivity index (χ1n) is 17.6. The number of ether oxygens (including phenoxy) is 1. The van der Waals surface area contributed by atoms with Crippen LogP contribution in [0.15, 0.2) is 0 Å². The van der Waals surface area contributed by atoms with Crippen LogP contribution in [0.25, 0.3) is 0 Å². The summed E-state index contributed by atoms with van der Waals surface area (Å²) in [6.07, 6.45) is 4.14. The van der Waals surface area contributed by atoms with Gasteiger partial charge in [-0.05, 0) is 81.8 Å². The number of hydrogen-bond donors (Lipinski definition) is 0. The molecule has 0 N–H and O–H groups in total. The Bertz CT molecular complexity index is 875. The van der Waals surface area contributed by atoms with Gasteiger partial charge in [-0.25, -0.2) is 0 Å². The highest BCUT2D eigenvalue weighted by atomic mass is 16.5. The van der Waals surface area contributed by atoms with Gasteiger partial charge in [0.1, 0.15) is 0 Å². The van der Waals surface area contributed by atoms with Crippen molar-refractivity contribution in [1.29, 1.82) is 0 Å². The third-order valence-electron chi connectivity index (χ3n) is 13.6. The minimum absolute atomic E-state index is 0.0248. The molecule has 244 valence electrons. The molecule has 5 heterocycles. The molecule has 0 radical (unpaired) electrons. The van der Waals surface area contributed by atoms with Crippen molar-refractivity contribution < 1.29 is 4.74 Å². The van der Waals surface area contributed by atoms with E-state index >= 15 is 0 Å². The van der Waals surface area contributed by atoms with Crippen LogP contribution in [-0.4, -0.2) is 180 Å². The van der Waals surface area contributed by atoms with E-state index in [1.54, 1.807) is 0 Å². The molecular weight excluding hydrogens is 522 g/mol. The molecular formula is C34H67N7O. The van der Waals surface area contributed by atoms with Crippen molar-refractivity contribution in [2.24, 2.45) is 0 Å². The molecule has 5 saturated heterocycles. The summed E-state index contributed by atoms with van der Waals surface area (Å²) in [4.78, 5) is 19.7. The highest BCUT2D eigenvalue weighted by Crippen LogP contribution is 2.52. The van der Waals surface area contributed by atoms with E-state index in [-0.39, 0.29) is 22.2 Å². The summed E-state index contributed by atoms with van der Waals surface area (Å²) in [5.41, 5.74) is -0.243. The van der Waals surface area contributed by atoms with E-state index in [2.05, 4.69) is 96.7 Å². The largest absolute Gasteiger partial charge is 0.379 e. The number of rotatable bonds is 8. The van der Waals surface area contributed by atoms with Crippen LogP contribution >= 0.6 is 0 Å². The zero-order valence-corrected chi connectivity index (χ0v) is 29.1. The summed E-state index contributed by atoms with van der Waals surface area (Å²) in [5.74, 6) is 0. The molecule has 5 rings (SSSR count). The molecule has 42 heavy (non-hydrogen) atoms. The summed E-state index contributed by atoms with van der Waals surface area (Å²) in [6, 6.07) is 1.34. The first-order chi connectivity index (χ1) is 19.8. The number of hydrogen-bond acceptors (Lipinski definition) is 8. The molecule has 0 bridgehead atoms. The molecule has 0 saturated carbocycles. The average Bonchev–Trinajstić information content (AvgIpc) is 3.00. The molecule has 8 nitrogen and oxygen atoms in total. The lowest BCUT2D eigenvalue weighted by atomic mass is 9.56. The predicted molar refractivity (Wildman–Crippen MR) is 175 cm³/mol. The monoisotopic (exact) mass is 590 g/mol. The normalized spacial score (nSPS) is 31.1. The van der Waals surface area contributed by atoms with Crippen molar-refractivity contribution in [2.75, 3.05) is 112 Å². The van der Waals surface area contributed by atoms with Crippen LogP contribution in [0.2, 0.25) is 0 Å². The first-order valence-corrected chi connectivity index (χ1v) is 17.6. The maximum Gasteiger partial charge on any atom is 0.0594 e. The third-order valence-corrected chi connectivity index (χ3v) is 13.6. The van der Waals surface area contributed by atoms with Crippen LogP contribution in [0.1, 0.15) is 74.7 Å². The van der Waals surface area contributed by atoms with Crippen LogP contribution in [-0.2, 0) is 4.74 Å². The van der Waals surface area contributed by atoms with Gasteiger partial charge in [-0.3, -0.25) is 29.4 Å². The van der Waals surface area contributed by atoms with Crippen molar-refractivity contribution in [3.8, 4) is 0 Å². The maximum atomic E-state index is 6.03. The molecule has 0 aromatic rings. The molecule has 0 amide bonds. The van der Waals surface area contributed by atoms with E-state index in [0.717, 1.165) is 65.6 Å². The highest BCUT2D eigenvalue weighted by molar-refractivity contribution is 5.26. The summed E-state index contributed by atoms with van der Waals surface area (Å²) < 4.78 is 6.03. The molecule has 3 atom stereocenters. The van der Waals surface area contributed by atoms with E-state index in [0.29, 0.717) is 12.1 Å². The quantitative estimate of drug-likeness (QED) is 0.428. The standard InChI is InChI=1S/C34H67N7O/c1-29(2)36-16-21-38(22-17-36)31(3,4)33(7,39-19-14-35(9)15-20-39)34(8,40-24-26-42-27-25-40)32(5,6)41-23-18-37-13-11-10-12-30(37)28-41/h29-30H,10-28H2,1-9H3. The highest BCUT2D eigenvalue weighted by Gasteiger charge is 2.67. The molecule has 0 aromatic carbocycles. The number of morpholine rings is 1. The molecule has 0 aliphatic carbocycles. The van der Waals surface area contributed by atoms with Gasteiger partial charge in [0, 0.05) is 108 Å². The number of fused-ring (bicyclic) bond motifs is 1. The van der Waals surface area contributed by atoms with Crippen LogP contribution in [0.5, 0.6) is 0 Å². The molecule has 5 fully saturated rings. The Balaban J connectivity index is 1.58. The first kappa shape index (κ1) is 33.1. The average molecular weight is 590 g/mol. The van der Waals surface area contributed by atoms with E-state index in [1.165, 1.54) is 58.5 Å². The maximum absolute atomic E-state index is 6.03. The third kappa shape index (κ3) is 5.63. The minimum atomic E-state index is -0.102. The van der Waals surface area contributed by atoms with Gasteiger partial charge in [-0.2, -0.15) is 0 Å². The van der Waals surface area contributed by atoms with E-state index < -0.39 is 0 Å². The fourth-order valence-corrected chi connectivity index (χ4v) is 9.92. The Hall–Kier alpha value is -0.320. The number of piperidine rings is 1. The lowest BCUT2D eigenvalue weighted by molar-refractivity contribution is -0.209. The Kier molecular flexibility index (Phi) is 10.1. The summed E-state index contributed by atoms with van der Waals surface area (Å²) in [6.45, 7) is 38.4. The van der Waals surface area contributed by atoms with Gasteiger partial charge < -0.3 is 9.64 Å². The number of likely N-dealkylation sites (N-methyl/N-ethyl adjacent to an activating group) is 1. The van der Waals surface area contributed by atoms with Crippen LogP contribution in [0, 0.1) is 0 Å². The van der Waals surface area contributed by atoms with Crippen molar-refractivity contribution in [2.45, 2.75) is 109 Å². The van der Waals surface area contributed by atoms with Crippen LogP contribution in [0.3, 0.4) is 0 Å². The summed E-state index contributed by atoms with van der Waals surface area (Å²) in [7, 11) is 2.31. The van der Waals surface area contributed by atoms with E-state index in [9.17, 15) is 0 Å². The van der Waals surface area contributed by atoms with E-state index in [4.69, 9.17) is 4.74 Å². The topological polar surface area (TPSA) is 31.9 Å². The lowest BCUT2D eigenvalue weighted by Crippen LogP contribution is -2.88. The second kappa shape index (κ2) is 12.8. The van der Waals surface area contributed by atoms with Crippen LogP contribution in [0.4, 0.5) is 0 Å². The van der Waals surface area contributed by atoms with Crippen molar-refractivity contribution in [3.63, 3.8) is 0 Å². The fraction of sp³-hybridized carbons (Fsp3) is 1.00. The Morgan fingerprint density at radius 1 is 0.571 bits per heavy atom. The zero-order valence-electron chi connectivity index (χ0n) is 29.1. The molecule has 0 spiro atoms. The lowest BCUT2D eigenvalue weighted by Gasteiger charge is -2.72. The minimum Gasteiger partial charge on any atom is -0.379 e. The van der Waals surface area contributed by atoms with Gasteiger partial charge in [0.25, 0.3) is 0 Å². The molecule has 0 aromatic heterocycles. The van der Waals surface area contributed by atoms with Crippen molar-refractivity contribution in [1.82, 2.24) is 34.3 Å². The SMILES string of the molecule is CC(C)N1CCN(C(C)(C)C(C)(N2CCN(C)CC2)C(C)(N2CCOCC2)C(C)(C)N2CCN3CCCCC3C2)CC1. The predicted octanol–water partition coefficient (Wildman–Crippen LogP) is 2.84.